The van der Waals surface area contributed by atoms with Crippen LogP contribution in [0.2, 0.25) is 0 Å². The lowest BCUT2D eigenvalue weighted by Gasteiger charge is -2.30. The summed E-state index contributed by atoms with van der Waals surface area (Å²) in [7, 11) is 0. The molecule has 0 saturated heterocycles. The van der Waals surface area contributed by atoms with Crippen molar-refractivity contribution in [2.75, 3.05) is 13.1 Å². The minimum Gasteiger partial charge on any atom is -0.460 e. The number of aryl methyl sites for hydroxylation is 1. The van der Waals surface area contributed by atoms with E-state index in [2.05, 4.69) is 48.1 Å². The van der Waals surface area contributed by atoms with Crippen LogP contribution in [0.15, 0.2) is 22.7 Å². The first-order valence-electron chi connectivity index (χ1n) is 8.04. The maximum Gasteiger partial charge on any atom is 0.152 e. The van der Waals surface area contributed by atoms with Crippen molar-refractivity contribution in [3.63, 3.8) is 0 Å². The van der Waals surface area contributed by atoms with Gasteiger partial charge < -0.3 is 9.73 Å². The van der Waals surface area contributed by atoms with E-state index in [1.54, 1.807) is 0 Å². The highest BCUT2D eigenvalue weighted by Gasteiger charge is 2.13. The molecule has 5 heteroatoms. The van der Waals surface area contributed by atoms with Crippen LogP contribution in [0, 0.1) is 6.92 Å². The van der Waals surface area contributed by atoms with E-state index in [-0.39, 0.29) is 0 Å². The molecule has 2 heterocycles. The Hall–Kier alpha value is -1.59. The number of aromatic amines is 1. The van der Waals surface area contributed by atoms with Crippen molar-refractivity contribution in [2.45, 2.75) is 53.2 Å². The van der Waals surface area contributed by atoms with Gasteiger partial charge in [-0.3, -0.25) is 10.00 Å². The smallest absolute Gasteiger partial charge is 0.152 e. The standard InChI is InChI=1S/C17H28N4O/c1-12(2)21(13(3)4)9-8-18-10-15-11-19-20-17(15)16-7-6-14(5)22-16/h6-7,11-13,18H,8-10H2,1-5H3,(H,19,20). The van der Waals surface area contributed by atoms with E-state index < -0.39 is 0 Å². The Morgan fingerprint density at radius 3 is 2.55 bits per heavy atom. The summed E-state index contributed by atoms with van der Waals surface area (Å²) in [6.45, 7) is 13.7. The van der Waals surface area contributed by atoms with Gasteiger partial charge in [-0.25, -0.2) is 0 Å². The second-order valence-electron chi connectivity index (χ2n) is 6.28. The van der Waals surface area contributed by atoms with Gasteiger partial charge in [-0.15, -0.1) is 0 Å². The molecule has 22 heavy (non-hydrogen) atoms. The second kappa shape index (κ2) is 7.61. The molecule has 0 radical (unpaired) electrons. The number of aromatic nitrogens is 2. The van der Waals surface area contributed by atoms with Crippen LogP contribution in [-0.4, -0.2) is 40.3 Å². The predicted octanol–water partition coefficient (Wildman–Crippen LogP) is 3.19. The van der Waals surface area contributed by atoms with E-state index in [4.69, 9.17) is 4.42 Å². The van der Waals surface area contributed by atoms with E-state index in [9.17, 15) is 0 Å². The fraction of sp³-hybridized carbons (Fsp3) is 0.588. The molecule has 0 spiro atoms. The number of hydrogen-bond acceptors (Lipinski definition) is 4. The number of nitrogens with one attached hydrogen (secondary N) is 2. The van der Waals surface area contributed by atoms with Crippen LogP contribution in [0.3, 0.4) is 0 Å². The van der Waals surface area contributed by atoms with Crippen LogP contribution < -0.4 is 5.32 Å². The minimum atomic E-state index is 0.567. The highest BCUT2D eigenvalue weighted by Crippen LogP contribution is 2.23. The van der Waals surface area contributed by atoms with E-state index >= 15 is 0 Å². The van der Waals surface area contributed by atoms with Gasteiger partial charge in [0.1, 0.15) is 11.5 Å². The molecule has 0 saturated carbocycles. The molecule has 0 amide bonds. The van der Waals surface area contributed by atoms with Crippen LogP contribution >= 0.6 is 0 Å². The maximum absolute atomic E-state index is 5.67. The molecule has 0 aliphatic heterocycles. The summed E-state index contributed by atoms with van der Waals surface area (Å²) in [5.74, 6) is 1.76. The summed E-state index contributed by atoms with van der Waals surface area (Å²) in [5, 5.41) is 10.7. The number of rotatable bonds is 8. The Labute approximate surface area is 133 Å². The lowest BCUT2D eigenvalue weighted by molar-refractivity contribution is 0.176. The summed E-state index contributed by atoms with van der Waals surface area (Å²) in [5.41, 5.74) is 2.10. The Morgan fingerprint density at radius 1 is 1.23 bits per heavy atom. The van der Waals surface area contributed by atoms with Crippen molar-refractivity contribution in [3.05, 3.63) is 29.7 Å². The molecule has 5 nitrogen and oxygen atoms in total. The molecule has 122 valence electrons. The molecule has 0 aliphatic rings. The van der Waals surface area contributed by atoms with Crippen LogP contribution in [-0.2, 0) is 6.54 Å². The normalized spacial score (nSPS) is 12.0. The quantitative estimate of drug-likeness (QED) is 0.735. The molecular formula is C17H28N4O. The van der Waals surface area contributed by atoms with Gasteiger partial charge in [-0.1, -0.05) is 0 Å². The summed E-state index contributed by atoms with van der Waals surface area (Å²) < 4.78 is 5.67. The fourth-order valence-corrected chi connectivity index (χ4v) is 2.77. The molecule has 2 aromatic rings. The fourth-order valence-electron chi connectivity index (χ4n) is 2.77. The van der Waals surface area contributed by atoms with Crippen molar-refractivity contribution in [2.24, 2.45) is 0 Å². The molecule has 0 aliphatic carbocycles. The zero-order valence-corrected chi connectivity index (χ0v) is 14.3. The molecule has 0 fully saturated rings. The number of furan rings is 1. The molecule has 2 rings (SSSR count). The van der Waals surface area contributed by atoms with Crippen molar-refractivity contribution in [1.29, 1.82) is 0 Å². The average molecular weight is 304 g/mol. The van der Waals surface area contributed by atoms with Crippen molar-refractivity contribution in [3.8, 4) is 11.5 Å². The van der Waals surface area contributed by atoms with Gasteiger partial charge in [-0.2, -0.15) is 5.10 Å². The van der Waals surface area contributed by atoms with E-state index in [0.717, 1.165) is 42.4 Å². The Kier molecular flexibility index (Phi) is 5.80. The van der Waals surface area contributed by atoms with Gasteiger partial charge >= 0.3 is 0 Å². The molecule has 0 aromatic carbocycles. The average Bonchev–Trinajstić information content (AvgIpc) is 3.06. The van der Waals surface area contributed by atoms with E-state index in [1.807, 2.05) is 25.3 Å². The summed E-state index contributed by atoms with van der Waals surface area (Å²) in [4.78, 5) is 2.49. The van der Waals surface area contributed by atoms with Crippen LogP contribution in [0.1, 0.15) is 39.0 Å². The zero-order valence-electron chi connectivity index (χ0n) is 14.3. The molecule has 2 N–H and O–H groups in total. The maximum atomic E-state index is 5.67. The molecule has 0 atom stereocenters. The van der Waals surface area contributed by atoms with Gasteiger partial charge in [-0.05, 0) is 46.8 Å². The number of H-pyrrole nitrogens is 1. The Balaban J connectivity index is 1.87. The van der Waals surface area contributed by atoms with Gasteiger partial charge in [0, 0.05) is 37.3 Å². The Morgan fingerprint density at radius 2 is 1.95 bits per heavy atom. The largest absolute Gasteiger partial charge is 0.460 e. The van der Waals surface area contributed by atoms with E-state index in [0.29, 0.717) is 12.1 Å². The van der Waals surface area contributed by atoms with Crippen LogP contribution in [0.25, 0.3) is 11.5 Å². The Bertz CT molecular complexity index is 563. The van der Waals surface area contributed by atoms with Gasteiger partial charge in [0.25, 0.3) is 0 Å². The highest BCUT2D eigenvalue weighted by atomic mass is 16.3. The molecule has 0 unspecified atom stereocenters. The van der Waals surface area contributed by atoms with Crippen molar-refractivity contribution in [1.82, 2.24) is 20.4 Å². The first kappa shape index (κ1) is 16.8. The minimum absolute atomic E-state index is 0.567. The summed E-state index contributed by atoms with van der Waals surface area (Å²) >= 11 is 0. The van der Waals surface area contributed by atoms with Gasteiger partial charge in [0.15, 0.2) is 5.76 Å². The van der Waals surface area contributed by atoms with Crippen molar-refractivity contribution < 1.29 is 4.42 Å². The lowest BCUT2D eigenvalue weighted by Crippen LogP contribution is -2.41. The first-order valence-corrected chi connectivity index (χ1v) is 8.04. The third kappa shape index (κ3) is 4.21. The van der Waals surface area contributed by atoms with Gasteiger partial charge in [0.05, 0.1) is 6.20 Å². The molecule has 2 aromatic heterocycles. The third-order valence-corrected chi connectivity index (χ3v) is 3.89. The third-order valence-electron chi connectivity index (χ3n) is 3.89. The first-order chi connectivity index (χ1) is 10.5. The summed E-state index contributed by atoms with van der Waals surface area (Å²) in [6, 6.07) is 5.08. The summed E-state index contributed by atoms with van der Waals surface area (Å²) in [6.07, 6.45) is 1.86. The highest BCUT2D eigenvalue weighted by molar-refractivity contribution is 5.56. The molecular weight excluding hydrogens is 276 g/mol. The topological polar surface area (TPSA) is 57.1 Å². The van der Waals surface area contributed by atoms with Crippen LogP contribution in [0.5, 0.6) is 0 Å². The van der Waals surface area contributed by atoms with Gasteiger partial charge in [0.2, 0.25) is 0 Å². The van der Waals surface area contributed by atoms with E-state index in [1.165, 1.54) is 0 Å². The SMILES string of the molecule is Cc1ccc(-c2[nH]ncc2CNCCN(C(C)C)C(C)C)o1. The number of nitrogens with zero attached hydrogens (tertiary/aromatic N) is 2. The predicted molar refractivity (Wildman–Crippen MR) is 89.7 cm³/mol. The molecule has 0 bridgehead atoms. The second-order valence-corrected chi connectivity index (χ2v) is 6.28. The van der Waals surface area contributed by atoms with Crippen LogP contribution in [0.4, 0.5) is 0 Å². The monoisotopic (exact) mass is 304 g/mol. The lowest BCUT2D eigenvalue weighted by atomic mass is 10.2. The number of hydrogen-bond donors (Lipinski definition) is 2. The van der Waals surface area contributed by atoms with Crippen molar-refractivity contribution >= 4 is 0 Å². The zero-order chi connectivity index (χ0) is 16.1.